The van der Waals surface area contributed by atoms with Gasteiger partial charge in [-0.25, -0.2) is 0 Å². The fourth-order valence-electron chi connectivity index (χ4n) is 2.99. The zero-order chi connectivity index (χ0) is 10.3. The van der Waals surface area contributed by atoms with Crippen molar-refractivity contribution >= 4 is 5.78 Å². The van der Waals surface area contributed by atoms with Gasteiger partial charge in [0.25, 0.3) is 0 Å². The molecule has 2 heteroatoms. The van der Waals surface area contributed by atoms with Crippen molar-refractivity contribution in [1.29, 1.82) is 0 Å². The second kappa shape index (κ2) is 3.34. The molecule has 0 aromatic carbocycles. The molecule has 1 saturated heterocycles. The summed E-state index contributed by atoms with van der Waals surface area (Å²) in [6, 6.07) is 0. The lowest BCUT2D eigenvalue weighted by Gasteiger charge is -2.30. The Balaban J connectivity index is 2.32. The first kappa shape index (κ1) is 10.2. The Hall–Kier alpha value is -0.370. The van der Waals surface area contributed by atoms with Gasteiger partial charge in [0.05, 0.1) is 17.6 Å². The largest absolute Gasteiger partial charge is 0.374 e. The number of hydrogen-bond donors (Lipinski definition) is 0. The van der Waals surface area contributed by atoms with Gasteiger partial charge >= 0.3 is 0 Å². The number of rotatable bonds is 0. The topological polar surface area (TPSA) is 26.3 Å². The van der Waals surface area contributed by atoms with E-state index in [1.165, 1.54) is 0 Å². The van der Waals surface area contributed by atoms with Gasteiger partial charge in [-0.05, 0) is 32.6 Å². The number of Topliss-reactive ketones (excluding diaryl/α,β-unsaturated/α-hetero) is 1. The van der Waals surface area contributed by atoms with Gasteiger partial charge in [0, 0.05) is 6.42 Å². The molecule has 1 aliphatic carbocycles. The molecule has 2 rings (SSSR count). The average Bonchev–Trinajstić information content (AvgIpc) is 2.31. The van der Waals surface area contributed by atoms with Crippen LogP contribution in [0.1, 0.15) is 46.5 Å². The summed E-state index contributed by atoms with van der Waals surface area (Å²) >= 11 is 0. The van der Waals surface area contributed by atoms with E-state index in [1.807, 2.05) is 0 Å². The monoisotopic (exact) mass is 196 g/mol. The van der Waals surface area contributed by atoms with Gasteiger partial charge in [-0.15, -0.1) is 0 Å². The molecule has 0 bridgehead atoms. The molecular formula is C12H20O2. The minimum Gasteiger partial charge on any atom is -0.374 e. The molecule has 0 aromatic heterocycles. The summed E-state index contributed by atoms with van der Waals surface area (Å²) in [7, 11) is 0. The first-order chi connectivity index (χ1) is 6.56. The lowest BCUT2D eigenvalue weighted by molar-refractivity contribution is -0.131. The highest BCUT2D eigenvalue weighted by Crippen LogP contribution is 2.48. The van der Waals surface area contributed by atoms with E-state index in [9.17, 15) is 4.79 Å². The average molecular weight is 196 g/mol. The van der Waals surface area contributed by atoms with Crippen molar-refractivity contribution in [2.24, 2.45) is 11.3 Å². The summed E-state index contributed by atoms with van der Waals surface area (Å²) in [4.78, 5) is 12.1. The Labute approximate surface area is 86.0 Å². The van der Waals surface area contributed by atoms with Crippen LogP contribution in [0.15, 0.2) is 0 Å². The minimum atomic E-state index is -0.198. The van der Waals surface area contributed by atoms with E-state index < -0.39 is 0 Å². The third kappa shape index (κ3) is 1.23. The third-order valence-corrected chi connectivity index (χ3v) is 4.42. The van der Waals surface area contributed by atoms with Crippen LogP contribution in [0.25, 0.3) is 0 Å². The van der Waals surface area contributed by atoms with Crippen LogP contribution in [0.3, 0.4) is 0 Å². The maximum Gasteiger partial charge on any atom is 0.141 e. The number of hydrogen-bond acceptors (Lipinski definition) is 2. The van der Waals surface area contributed by atoms with Gasteiger partial charge in [-0.2, -0.15) is 0 Å². The first-order valence-corrected chi connectivity index (χ1v) is 5.75. The molecule has 0 amide bonds. The minimum absolute atomic E-state index is 0.183. The maximum absolute atomic E-state index is 12.1. The van der Waals surface area contributed by atoms with Crippen LogP contribution in [0.4, 0.5) is 0 Å². The highest BCUT2D eigenvalue weighted by molar-refractivity contribution is 5.86. The number of carbonyl (C=O) groups is 1. The van der Waals surface area contributed by atoms with Crippen molar-refractivity contribution in [2.75, 3.05) is 0 Å². The van der Waals surface area contributed by atoms with Gasteiger partial charge in [0.1, 0.15) is 5.78 Å². The van der Waals surface area contributed by atoms with Crippen LogP contribution in [-0.2, 0) is 9.53 Å². The summed E-state index contributed by atoms with van der Waals surface area (Å²) in [5.74, 6) is 0.801. The van der Waals surface area contributed by atoms with E-state index in [-0.39, 0.29) is 17.6 Å². The second-order valence-corrected chi connectivity index (χ2v) is 5.07. The maximum atomic E-state index is 12.1. The lowest BCUT2D eigenvalue weighted by Crippen LogP contribution is -2.39. The van der Waals surface area contributed by atoms with Crippen molar-refractivity contribution in [3.63, 3.8) is 0 Å². The Morgan fingerprint density at radius 1 is 1.36 bits per heavy atom. The molecule has 14 heavy (non-hydrogen) atoms. The predicted molar refractivity (Wildman–Crippen MR) is 55.1 cm³/mol. The molecule has 2 fully saturated rings. The number of fused-ring (bicyclic) bond motifs is 1. The van der Waals surface area contributed by atoms with E-state index in [2.05, 4.69) is 20.8 Å². The summed E-state index contributed by atoms with van der Waals surface area (Å²) in [6.07, 6.45) is 4.44. The number of ketones is 1. The van der Waals surface area contributed by atoms with E-state index in [0.29, 0.717) is 11.7 Å². The molecule has 0 N–H and O–H groups in total. The molecule has 1 saturated carbocycles. The Morgan fingerprint density at radius 2 is 2.07 bits per heavy atom. The molecule has 1 heterocycles. The van der Waals surface area contributed by atoms with E-state index in [4.69, 9.17) is 4.74 Å². The van der Waals surface area contributed by atoms with Gasteiger partial charge < -0.3 is 4.74 Å². The van der Waals surface area contributed by atoms with E-state index in [0.717, 1.165) is 25.7 Å². The smallest absolute Gasteiger partial charge is 0.141 e. The second-order valence-electron chi connectivity index (χ2n) is 5.07. The van der Waals surface area contributed by atoms with Crippen molar-refractivity contribution in [2.45, 2.75) is 58.7 Å². The fourth-order valence-corrected chi connectivity index (χ4v) is 2.99. The van der Waals surface area contributed by atoms with Gasteiger partial charge in [0.15, 0.2) is 0 Å². The van der Waals surface area contributed by atoms with E-state index >= 15 is 0 Å². The molecule has 0 aromatic rings. The van der Waals surface area contributed by atoms with E-state index in [1.54, 1.807) is 0 Å². The van der Waals surface area contributed by atoms with Crippen molar-refractivity contribution < 1.29 is 9.53 Å². The number of carbonyl (C=O) groups excluding carboxylic acids is 1. The quantitative estimate of drug-likeness (QED) is 0.595. The van der Waals surface area contributed by atoms with Crippen LogP contribution in [0.2, 0.25) is 0 Å². The standard InChI is InChI=1S/C12H20O2/c1-8-9(2)14-11-7-5-4-6-10(13)12(8,11)3/h8-9,11H,4-7H2,1-3H3/t8-,9+,11-,12+/m1/s1. The molecule has 2 aliphatic rings. The molecule has 1 aliphatic heterocycles. The molecule has 0 spiro atoms. The molecule has 4 atom stereocenters. The molecule has 0 radical (unpaired) electrons. The summed E-state index contributed by atoms with van der Waals surface area (Å²) in [5.41, 5.74) is -0.198. The Bertz CT molecular complexity index is 249. The fraction of sp³-hybridized carbons (Fsp3) is 0.917. The predicted octanol–water partition coefficient (Wildman–Crippen LogP) is 2.56. The SMILES string of the molecule is C[C@@H]1O[C@@H]2CCCCC(=O)[C@]2(C)[C@@H]1C. The first-order valence-electron chi connectivity index (χ1n) is 5.75. The normalized spacial score (nSPS) is 48.8. The van der Waals surface area contributed by atoms with Crippen LogP contribution in [0.5, 0.6) is 0 Å². The van der Waals surface area contributed by atoms with Crippen LogP contribution >= 0.6 is 0 Å². The van der Waals surface area contributed by atoms with Crippen LogP contribution in [-0.4, -0.2) is 18.0 Å². The molecular weight excluding hydrogens is 176 g/mol. The summed E-state index contributed by atoms with van der Waals surface area (Å²) in [5, 5.41) is 0. The highest BCUT2D eigenvalue weighted by Gasteiger charge is 2.53. The Kier molecular flexibility index (Phi) is 2.42. The summed E-state index contributed by atoms with van der Waals surface area (Å²) < 4.78 is 5.91. The summed E-state index contributed by atoms with van der Waals surface area (Å²) in [6.45, 7) is 6.37. The molecule has 0 unspecified atom stereocenters. The van der Waals surface area contributed by atoms with Crippen LogP contribution in [0, 0.1) is 11.3 Å². The Morgan fingerprint density at radius 3 is 2.79 bits per heavy atom. The lowest BCUT2D eigenvalue weighted by atomic mass is 9.70. The van der Waals surface area contributed by atoms with Crippen molar-refractivity contribution in [1.82, 2.24) is 0 Å². The zero-order valence-corrected chi connectivity index (χ0v) is 9.38. The third-order valence-electron chi connectivity index (χ3n) is 4.42. The van der Waals surface area contributed by atoms with Gasteiger partial charge in [0.2, 0.25) is 0 Å². The van der Waals surface area contributed by atoms with Crippen molar-refractivity contribution in [3.05, 3.63) is 0 Å². The van der Waals surface area contributed by atoms with Crippen molar-refractivity contribution in [3.8, 4) is 0 Å². The zero-order valence-electron chi connectivity index (χ0n) is 9.38. The molecule has 80 valence electrons. The van der Waals surface area contributed by atoms with Gasteiger partial charge in [-0.3, -0.25) is 4.79 Å². The van der Waals surface area contributed by atoms with Gasteiger partial charge in [-0.1, -0.05) is 13.3 Å². The number of ether oxygens (including phenoxy) is 1. The molecule has 2 nitrogen and oxygen atoms in total. The highest BCUT2D eigenvalue weighted by atomic mass is 16.5. The van der Waals surface area contributed by atoms with Crippen LogP contribution < -0.4 is 0 Å².